The third-order valence-electron chi connectivity index (χ3n) is 2.59. The van der Waals surface area contributed by atoms with E-state index in [1.54, 1.807) is 0 Å². The summed E-state index contributed by atoms with van der Waals surface area (Å²) in [5, 5.41) is 3.10. The highest BCUT2D eigenvalue weighted by Crippen LogP contribution is 2.14. The summed E-state index contributed by atoms with van der Waals surface area (Å²) >= 11 is 0. The number of benzene rings is 1. The van der Waals surface area contributed by atoms with E-state index in [1.807, 2.05) is 31.2 Å². The van der Waals surface area contributed by atoms with E-state index in [-0.39, 0.29) is 5.56 Å². The van der Waals surface area contributed by atoms with Crippen LogP contribution in [0.5, 0.6) is 0 Å². The van der Waals surface area contributed by atoms with Crippen LogP contribution in [0.2, 0.25) is 0 Å². The highest BCUT2D eigenvalue weighted by molar-refractivity contribution is 5.56. The van der Waals surface area contributed by atoms with E-state index >= 15 is 0 Å². The number of hydrogen-bond acceptors (Lipinski definition) is 4. The fourth-order valence-corrected chi connectivity index (χ4v) is 1.61. The van der Waals surface area contributed by atoms with Crippen molar-refractivity contribution in [2.24, 2.45) is 5.73 Å². The highest BCUT2D eigenvalue weighted by atomic mass is 16.1. The molecule has 2 rings (SSSR count). The van der Waals surface area contributed by atoms with Crippen LogP contribution in [0.15, 0.2) is 35.1 Å². The first-order valence-corrected chi connectivity index (χ1v) is 5.87. The summed E-state index contributed by atoms with van der Waals surface area (Å²) in [5.74, 6) is 1.22. The largest absolute Gasteiger partial charge is 0.340 e. The average molecular weight is 244 g/mol. The normalized spacial score (nSPS) is 10.3. The summed E-state index contributed by atoms with van der Waals surface area (Å²) in [6, 6.07) is 9.15. The maximum atomic E-state index is 11.4. The zero-order chi connectivity index (χ0) is 13.0. The van der Waals surface area contributed by atoms with Gasteiger partial charge in [-0.3, -0.25) is 4.79 Å². The molecule has 0 saturated carbocycles. The molecular weight excluding hydrogens is 228 g/mol. The molecule has 94 valence electrons. The number of nitrogens with zero attached hydrogens (tertiary/aromatic N) is 1. The summed E-state index contributed by atoms with van der Waals surface area (Å²) in [6.07, 6.45) is 0.691. The molecule has 0 bridgehead atoms. The Hall–Kier alpha value is -2.14. The third kappa shape index (κ3) is 2.95. The minimum absolute atomic E-state index is 0.150. The molecule has 0 amide bonds. The van der Waals surface area contributed by atoms with E-state index < -0.39 is 0 Å². The first-order valence-electron chi connectivity index (χ1n) is 5.87. The number of nitrogens with one attached hydrogen (secondary N) is 2. The second-order valence-corrected chi connectivity index (χ2v) is 3.96. The number of aromatic amines is 1. The van der Waals surface area contributed by atoms with Gasteiger partial charge in [0.2, 0.25) is 0 Å². The fraction of sp³-hybridized carbons (Fsp3) is 0.231. The molecule has 0 radical (unpaired) electrons. The Bertz CT molecular complexity index is 574. The number of anilines is 2. The monoisotopic (exact) mass is 244 g/mol. The molecule has 5 heteroatoms. The van der Waals surface area contributed by atoms with Crippen LogP contribution in [0.4, 0.5) is 11.5 Å². The van der Waals surface area contributed by atoms with Crippen LogP contribution >= 0.6 is 0 Å². The lowest BCUT2D eigenvalue weighted by Crippen LogP contribution is -2.11. The lowest BCUT2D eigenvalue weighted by molar-refractivity contribution is 0.924. The maximum absolute atomic E-state index is 11.4. The zero-order valence-electron chi connectivity index (χ0n) is 10.2. The summed E-state index contributed by atoms with van der Waals surface area (Å²) in [4.78, 5) is 18.4. The Morgan fingerprint density at radius 1 is 1.33 bits per heavy atom. The van der Waals surface area contributed by atoms with Gasteiger partial charge in [0.15, 0.2) is 0 Å². The molecule has 0 saturated heterocycles. The summed E-state index contributed by atoms with van der Waals surface area (Å²) in [5.41, 5.74) is 7.33. The third-order valence-corrected chi connectivity index (χ3v) is 2.59. The van der Waals surface area contributed by atoms with Crippen LogP contribution in [0, 0.1) is 0 Å². The van der Waals surface area contributed by atoms with Gasteiger partial charge in [0, 0.05) is 24.7 Å². The number of hydrogen-bond donors (Lipinski definition) is 3. The van der Waals surface area contributed by atoms with Gasteiger partial charge in [-0.1, -0.05) is 19.1 Å². The Balaban J connectivity index is 2.22. The van der Waals surface area contributed by atoms with Crippen LogP contribution in [-0.2, 0) is 13.0 Å². The smallest absolute Gasteiger partial charge is 0.252 e. The minimum Gasteiger partial charge on any atom is -0.340 e. The first-order chi connectivity index (χ1) is 8.71. The molecule has 1 aromatic heterocycles. The minimum atomic E-state index is -0.150. The number of aromatic nitrogens is 2. The van der Waals surface area contributed by atoms with Crippen LogP contribution in [0.3, 0.4) is 0 Å². The molecule has 0 unspecified atom stereocenters. The second kappa shape index (κ2) is 5.46. The number of rotatable bonds is 4. The molecular formula is C13H16N4O. The van der Waals surface area contributed by atoms with Gasteiger partial charge in [-0.15, -0.1) is 0 Å². The van der Waals surface area contributed by atoms with Gasteiger partial charge in [-0.2, -0.15) is 0 Å². The molecule has 5 nitrogen and oxygen atoms in total. The van der Waals surface area contributed by atoms with Crippen LogP contribution < -0.4 is 16.6 Å². The van der Waals surface area contributed by atoms with Crippen molar-refractivity contribution >= 4 is 11.5 Å². The molecule has 0 spiro atoms. The van der Waals surface area contributed by atoms with Gasteiger partial charge < -0.3 is 16.0 Å². The summed E-state index contributed by atoms with van der Waals surface area (Å²) in [7, 11) is 0. The summed E-state index contributed by atoms with van der Waals surface area (Å²) in [6.45, 7) is 2.46. The predicted molar refractivity (Wildman–Crippen MR) is 71.9 cm³/mol. The average Bonchev–Trinajstić information content (AvgIpc) is 2.39. The molecule has 0 aliphatic carbocycles. The number of aryl methyl sites for hydroxylation is 1. The second-order valence-electron chi connectivity index (χ2n) is 3.96. The molecule has 0 aliphatic rings. The quantitative estimate of drug-likeness (QED) is 0.761. The SMILES string of the molecule is CCc1nc(Nc2ccc(CN)cc2)cc(=O)[nH]1. The van der Waals surface area contributed by atoms with E-state index in [4.69, 9.17) is 5.73 Å². The van der Waals surface area contributed by atoms with E-state index in [9.17, 15) is 4.79 Å². The van der Waals surface area contributed by atoms with Gasteiger partial charge >= 0.3 is 0 Å². The van der Waals surface area contributed by atoms with Crippen molar-refractivity contribution < 1.29 is 0 Å². The van der Waals surface area contributed by atoms with Crippen molar-refractivity contribution in [3.8, 4) is 0 Å². The molecule has 0 aliphatic heterocycles. The Kier molecular flexibility index (Phi) is 3.74. The Morgan fingerprint density at radius 2 is 2.06 bits per heavy atom. The highest BCUT2D eigenvalue weighted by Gasteiger charge is 2.00. The molecule has 0 atom stereocenters. The Labute approximate surface area is 105 Å². The van der Waals surface area contributed by atoms with Gasteiger partial charge in [-0.05, 0) is 17.7 Å². The number of H-pyrrole nitrogens is 1. The van der Waals surface area contributed by atoms with Crippen molar-refractivity contribution in [2.45, 2.75) is 19.9 Å². The zero-order valence-corrected chi connectivity index (χ0v) is 10.2. The predicted octanol–water partition coefficient (Wildman–Crippen LogP) is 1.53. The van der Waals surface area contributed by atoms with Crippen LogP contribution in [0.1, 0.15) is 18.3 Å². The van der Waals surface area contributed by atoms with Crippen LogP contribution in [-0.4, -0.2) is 9.97 Å². The van der Waals surface area contributed by atoms with Crippen molar-refractivity contribution in [3.63, 3.8) is 0 Å². The van der Waals surface area contributed by atoms with E-state index in [0.29, 0.717) is 24.6 Å². The topological polar surface area (TPSA) is 83.8 Å². The maximum Gasteiger partial charge on any atom is 0.252 e. The molecule has 18 heavy (non-hydrogen) atoms. The van der Waals surface area contributed by atoms with E-state index in [0.717, 1.165) is 11.3 Å². The molecule has 4 N–H and O–H groups in total. The first kappa shape index (κ1) is 12.3. The van der Waals surface area contributed by atoms with Gasteiger partial charge in [0.05, 0.1) is 0 Å². The van der Waals surface area contributed by atoms with Crippen LogP contribution in [0.25, 0.3) is 0 Å². The molecule has 2 aromatic rings. The molecule has 1 aromatic carbocycles. The van der Waals surface area contributed by atoms with Crippen molar-refractivity contribution in [1.82, 2.24) is 9.97 Å². The van der Waals surface area contributed by atoms with Gasteiger partial charge in [-0.25, -0.2) is 4.98 Å². The lowest BCUT2D eigenvalue weighted by atomic mass is 10.2. The van der Waals surface area contributed by atoms with Gasteiger partial charge in [0.1, 0.15) is 11.6 Å². The Morgan fingerprint density at radius 3 is 2.67 bits per heavy atom. The van der Waals surface area contributed by atoms with Crippen molar-refractivity contribution in [1.29, 1.82) is 0 Å². The fourth-order valence-electron chi connectivity index (χ4n) is 1.61. The van der Waals surface area contributed by atoms with Crippen molar-refractivity contribution in [3.05, 3.63) is 52.1 Å². The van der Waals surface area contributed by atoms with Gasteiger partial charge in [0.25, 0.3) is 5.56 Å². The number of nitrogens with two attached hydrogens (primary N) is 1. The van der Waals surface area contributed by atoms with E-state index in [2.05, 4.69) is 15.3 Å². The van der Waals surface area contributed by atoms with E-state index in [1.165, 1.54) is 6.07 Å². The molecule has 1 heterocycles. The lowest BCUT2D eigenvalue weighted by Gasteiger charge is -2.07. The standard InChI is InChI=1S/C13H16N4O/c1-2-11-16-12(7-13(18)17-11)15-10-5-3-9(8-14)4-6-10/h3-7H,2,8,14H2,1H3,(H2,15,16,17,18). The summed E-state index contributed by atoms with van der Waals surface area (Å²) < 4.78 is 0. The molecule has 0 fully saturated rings. The van der Waals surface area contributed by atoms with Crippen molar-refractivity contribution in [2.75, 3.05) is 5.32 Å².